The Hall–Kier alpha value is -2.80. The topological polar surface area (TPSA) is 85.7 Å². The number of carboxylic acid groups (broad SMARTS) is 1. The number of methoxy groups -OCH3 is 1. The van der Waals surface area contributed by atoms with Crippen molar-refractivity contribution in [2.24, 2.45) is 0 Å². The van der Waals surface area contributed by atoms with Gasteiger partial charge in [-0.1, -0.05) is 82.9 Å². The Bertz CT molecular complexity index is 992. The number of carbonyl (C=O) groups excluding carboxylic acids is 1. The summed E-state index contributed by atoms with van der Waals surface area (Å²) in [5.41, 5.74) is 2.13. The zero-order chi connectivity index (χ0) is 26.7. The predicted molar refractivity (Wildman–Crippen MR) is 150 cm³/mol. The van der Waals surface area contributed by atoms with Crippen LogP contribution < -0.4 is 4.74 Å². The fourth-order valence-corrected chi connectivity index (χ4v) is 4.69. The highest BCUT2D eigenvalue weighted by Crippen LogP contribution is 2.27. The van der Waals surface area contributed by atoms with Crippen LogP contribution in [0, 0.1) is 0 Å². The van der Waals surface area contributed by atoms with E-state index in [4.69, 9.17) is 19.6 Å². The van der Waals surface area contributed by atoms with E-state index in [2.05, 4.69) is 6.92 Å². The van der Waals surface area contributed by atoms with Crippen LogP contribution in [-0.4, -0.2) is 35.7 Å². The zero-order valence-electron chi connectivity index (χ0n) is 22.2. The summed E-state index contributed by atoms with van der Waals surface area (Å²) in [6.07, 6.45) is 15.9. The molecule has 2 aromatic rings. The minimum absolute atomic E-state index is 0.0722. The minimum atomic E-state index is -0.889. The molecular weight excluding hydrogens is 486 g/mol. The molecule has 0 unspecified atom stereocenters. The van der Waals surface area contributed by atoms with E-state index in [0.717, 1.165) is 23.4 Å². The van der Waals surface area contributed by atoms with E-state index in [1.165, 1.54) is 58.5 Å². The van der Waals surface area contributed by atoms with Gasteiger partial charge in [0.25, 0.3) is 0 Å². The van der Waals surface area contributed by atoms with Crippen molar-refractivity contribution in [3.05, 3.63) is 59.3 Å². The van der Waals surface area contributed by atoms with E-state index in [0.29, 0.717) is 29.4 Å². The standard InChI is InChI=1S/C30H41NO5S/c1-3-4-5-6-7-8-9-10-11-12-21-36-27-19-20-28(31-26(27)17-14-18-29(32)33)37-23-24-15-13-16-25(22-24)30(34)35-2/h13-17,19-20,22H,3-12,18,21,23H2,1-2H3,(H,32,33). The Labute approximate surface area is 225 Å². The van der Waals surface area contributed by atoms with Crippen molar-refractivity contribution in [2.45, 2.75) is 88.3 Å². The Kier molecular flexibility index (Phi) is 15.2. The van der Waals surface area contributed by atoms with E-state index in [9.17, 15) is 9.59 Å². The number of unbranched alkanes of at least 4 members (excludes halogenated alkanes) is 9. The van der Waals surface area contributed by atoms with Crippen LogP contribution in [-0.2, 0) is 15.3 Å². The van der Waals surface area contributed by atoms with E-state index in [1.54, 1.807) is 30.0 Å². The number of nitrogens with zero attached hydrogens (tertiary/aromatic N) is 1. The summed E-state index contributed by atoms with van der Waals surface area (Å²) in [5.74, 6) is 0.0454. The van der Waals surface area contributed by atoms with Crippen LogP contribution in [0.1, 0.15) is 99.2 Å². The summed E-state index contributed by atoms with van der Waals surface area (Å²) in [7, 11) is 1.37. The second-order valence-electron chi connectivity index (χ2n) is 9.04. The van der Waals surface area contributed by atoms with Gasteiger partial charge in [0.1, 0.15) is 11.4 Å². The molecule has 0 saturated carbocycles. The molecule has 7 heteroatoms. The lowest BCUT2D eigenvalue weighted by Gasteiger charge is -2.11. The van der Waals surface area contributed by atoms with Gasteiger partial charge in [-0.2, -0.15) is 0 Å². The number of aliphatic carboxylic acids is 1. The first kappa shape index (κ1) is 30.4. The van der Waals surface area contributed by atoms with Crippen LogP contribution in [0.3, 0.4) is 0 Å². The molecule has 0 atom stereocenters. The van der Waals surface area contributed by atoms with Crippen LogP contribution in [0.4, 0.5) is 0 Å². The molecule has 0 spiro atoms. The number of thioether (sulfide) groups is 1. The second kappa shape index (κ2) is 18.4. The molecule has 0 radical (unpaired) electrons. The van der Waals surface area contributed by atoms with Gasteiger partial charge in [-0.3, -0.25) is 4.79 Å². The SMILES string of the molecule is CCCCCCCCCCCCOc1ccc(SCc2cccc(C(=O)OC)c2)nc1C=CCC(=O)O. The number of esters is 1. The van der Waals surface area contributed by atoms with Crippen LogP contribution in [0.25, 0.3) is 6.08 Å². The molecule has 1 heterocycles. The lowest BCUT2D eigenvalue weighted by molar-refractivity contribution is -0.135. The number of carboxylic acids is 1. The molecule has 1 N–H and O–H groups in total. The molecule has 1 aromatic carbocycles. The average Bonchev–Trinajstić information content (AvgIpc) is 2.90. The third kappa shape index (κ3) is 12.8. The summed E-state index contributed by atoms with van der Waals surface area (Å²) in [5, 5.41) is 9.78. The van der Waals surface area contributed by atoms with Gasteiger partial charge in [0.15, 0.2) is 0 Å². The van der Waals surface area contributed by atoms with Gasteiger partial charge in [0, 0.05) is 5.75 Å². The molecule has 0 aliphatic heterocycles. The maximum absolute atomic E-state index is 11.8. The number of aromatic nitrogens is 1. The molecule has 0 aliphatic carbocycles. The molecule has 2 rings (SSSR count). The van der Waals surface area contributed by atoms with Crippen LogP contribution in [0.5, 0.6) is 5.75 Å². The van der Waals surface area contributed by atoms with Gasteiger partial charge in [0.05, 0.1) is 30.7 Å². The van der Waals surface area contributed by atoms with E-state index >= 15 is 0 Å². The molecule has 37 heavy (non-hydrogen) atoms. The van der Waals surface area contributed by atoms with E-state index in [-0.39, 0.29) is 12.4 Å². The molecule has 0 bridgehead atoms. The van der Waals surface area contributed by atoms with Gasteiger partial charge in [-0.05, 0) is 42.3 Å². The van der Waals surface area contributed by atoms with Crippen molar-refractivity contribution in [2.75, 3.05) is 13.7 Å². The van der Waals surface area contributed by atoms with Crippen LogP contribution in [0.15, 0.2) is 47.5 Å². The summed E-state index contributed by atoms with van der Waals surface area (Å²) < 4.78 is 10.8. The van der Waals surface area contributed by atoms with E-state index in [1.807, 2.05) is 30.3 Å². The quantitative estimate of drug-likeness (QED) is 0.113. The Morgan fingerprint density at radius 2 is 1.68 bits per heavy atom. The Balaban J connectivity index is 1.87. The van der Waals surface area contributed by atoms with Crippen molar-refractivity contribution in [1.29, 1.82) is 0 Å². The third-order valence-corrected chi connectivity index (χ3v) is 6.92. The maximum Gasteiger partial charge on any atom is 0.337 e. The highest BCUT2D eigenvalue weighted by atomic mass is 32.2. The monoisotopic (exact) mass is 527 g/mol. The predicted octanol–water partition coefficient (Wildman–Crippen LogP) is 7.95. The lowest BCUT2D eigenvalue weighted by atomic mass is 10.1. The smallest absolute Gasteiger partial charge is 0.337 e. The number of hydrogen-bond donors (Lipinski definition) is 1. The van der Waals surface area contributed by atoms with Gasteiger partial charge < -0.3 is 14.6 Å². The number of carbonyl (C=O) groups is 2. The molecule has 1 aromatic heterocycles. The van der Waals surface area contributed by atoms with Crippen LogP contribution >= 0.6 is 11.8 Å². The fourth-order valence-electron chi connectivity index (χ4n) is 3.87. The molecule has 0 fully saturated rings. The number of ether oxygens (including phenoxy) is 2. The molecule has 6 nitrogen and oxygen atoms in total. The first-order valence-corrected chi connectivity index (χ1v) is 14.3. The maximum atomic E-state index is 11.8. The highest BCUT2D eigenvalue weighted by molar-refractivity contribution is 7.98. The minimum Gasteiger partial charge on any atom is -0.491 e. The number of pyridine rings is 1. The number of benzene rings is 1. The van der Waals surface area contributed by atoms with Crippen molar-refractivity contribution < 1.29 is 24.2 Å². The second-order valence-corrected chi connectivity index (χ2v) is 10.0. The highest BCUT2D eigenvalue weighted by Gasteiger charge is 2.09. The zero-order valence-corrected chi connectivity index (χ0v) is 23.1. The largest absolute Gasteiger partial charge is 0.491 e. The molecular formula is C30H41NO5S. The lowest BCUT2D eigenvalue weighted by Crippen LogP contribution is -2.02. The summed E-state index contributed by atoms with van der Waals surface area (Å²) >= 11 is 1.54. The number of rotatable bonds is 19. The Morgan fingerprint density at radius 1 is 0.973 bits per heavy atom. The van der Waals surface area contributed by atoms with Crippen LogP contribution in [0.2, 0.25) is 0 Å². The van der Waals surface area contributed by atoms with Gasteiger partial charge in [0.2, 0.25) is 0 Å². The summed E-state index contributed by atoms with van der Waals surface area (Å²) in [6, 6.07) is 11.1. The average molecular weight is 528 g/mol. The first-order chi connectivity index (χ1) is 18.0. The van der Waals surface area contributed by atoms with Crippen molar-refractivity contribution in [3.63, 3.8) is 0 Å². The van der Waals surface area contributed by atoms with Crippen molar-refractivity contribution in [3.8, 4) is 5.75 Å². The normalized spacial score (nSPS) is 11.1. The molecule has 0 saturated heterocycles. The summed E-state index contributed by atoms with van der Waals surface area (Å²) in [6.45, 7) is 2.86. The first-order valence-electron chi connectivity index (χ1n) is 13.4. The Morgan fingerprint density at radius 3 is 2.35 bits per heavy atom. The van der Waals surface area contributed by atoms with Gasteiger partial charge in [-0.25, -0.2) is 9.78 Å². The van der Waals surface area contributed by atoms with Gasteiger partial charge >= 0.3 is 11.9 Å². The van der Waals surface area contributed by atoms with E-state index < -0.39 is 5.97 Å². The fraction of sp³-hybridized carbons (Fsp3) is 0.500. The summed E-state index contributed by atoms with van der Waals surface area (Å²) in [4.78, 5) is 27.4. The molecule has 0 amide bonds. The number of hydrogen-bond acceptors (Lipinski definition) is 6. The van der Waals surface area contributed by atoms with Crippen molar-refractivity contribution >= 4 is 29.8 Å². The van der Waals surface area contributed by atoms with Gasteiger partial charge in [-0.15, -0.1) is 11.8 Å². The molecule has 0 aliphatic rings. The van der Waals surface area contributed by atoms with Crippen molar-refractivity contribution in [1.82, 2.24) is 4.98 Å². The third-order valence-electron chi connectivity index (χ3n) is 5.92. The molecule has 202 valence electrons.